The van der Waals surface area contributed by atoms with E-state index in [0.717, 1.165) is 77.0 Å². The zero-order valence-corrected chi connectivity index (χ0v) is 48.5. The van der Waals surface area contributed by atoms with Crippen molar-refractivity contribution < 1.29 is 28.6 Å². The average Bonchev–Trinajstić information content (AvgIpc) is 3.38. The van der Waals surface area contributed by atoms with Gasteiger partial charge in [-0.1, -0.05) is 308 Å². The van der Waals surface area contributed by atoms with Gasteiger partial charge in [0.2, 0.25) is 0 Å². The number of unbranched alkanes of at least 4 members (excludes halogenated alkanes) is 42. The van der Waals surface area contributed by atoms with E-state index in [4.69, 9.17) is 14.2 Å². The minimum absolute atomic E-state index is 0.0708. The Hall–Kier alpha value is -2.37. The van der Waals surface area contributed by atoms with E-state index in [2.05, 4.69) is 57.2 Å². The van der Waals surface area contributed by atoms with Crippen molar-refractivity contribution in [2.75, 3.05) is 13.2 Å². The third kappa shape index (κ3) is 58.5. The predicted molar refractivity (Wildman–Crippen MR) is 312 cm³/mol. The first kappa shape index (κ1) is 69.6. The molecule has 0 bridgehead atoms. The molecular weight excluding hydrogens is 889 g/mol. The van der Waals surface area contributed by atoms with Gasteiger partial charge in [0.25, 0.3) is 0 Å². The summed E-state index contributed by atoms with van der Waals surface area (Å²) in [5.74, 6) is -0.858. The topological polar surface area (TPSA) is 78.9 Å². The number of allylic oxidation sites excluding steroid dienone is 6. The Morgan fingerprint density at radius 1 is 0.278 bits per heavy atom. The van der Waals surface area contributed by atoms with Crippen LogP contribution in [0.5, 0.6) is 0 Å². The molecule has 0 aromatic carbocycles. The Bertz CT molecular complexity index is 1210. The van der Waals surface area contributed by atoms with Gasteiger partial charge in [-0.25, -0.2) is 0 Å². The molecule has 0 aromatic heterocycles. The lowest BCUT2D eigenvalue weighted by atomic mass is 10.0. The Morgan fingerprint density at radius 3 is 0.806 bits per heavy atom. The first-order valence-corrected chi connectivity index (χ1v) is 32.0. The fourth-order valence-corrected chi connectivity index (χ4v) is 9.57. The lowest BCUT2D eigenvalue weighted by Crippen LogP contribution is -2.30. The van der Waals surface area contributed by atoms with Crippen molar-refractivity contribution in [2.24, 2.45) is 0 Å². The van der Waals surface area contributed by atoms with Crippen molar-refractivity contribution in [3.05, 3.63) is 36.5 Å². The largest absolute Gasteiger partial charge is 0.462 e. The molecule has 0 radical (unpaired) electrons. The molecule has 0 fully saturated rings. The second-order valence-corrected chi connectivity index (χ2v) is 21.7. The summed E-state index contributed by atoms with van der Waals surface area (Å²) in [4.78, 5) is 38.3. The van der Waals surface area contributed by atoms with Gasteiger partial charge in [0.15, 0.2) is 6.10 Å². The molecule has 0 N–H and O–H groups in total. The quantitative estimate of drug-likeness (QED) is 0.0261. The molecule has 0 aliphatic carbocycles. The molecule has 0 rings (SSSR count). The summed E-state index contributed by atoms with van der Waals surface area (Å²) in [7, 11) is 0. The summed E-state index contributed by atoms with van der Waals surface area (Å²) >= 11 is 0. The lowest BCUT2D eigenvalue weighted by Gasteiger charge is -2.18. The third-order valence-corrected chi connectivity index (χ3v) is 14.4. The van der Waals surface area contributed by atoms with Crippen LogP contribution < -0.4 is 0 Å². The van der Waals surface area contributed by atoms with Crippen LogP contribution >= 0.6 is 0 Å². The molecule has 0 saturated heterocycles. The van der Waals surface area contributed by atoms with Crippen LogP contribution in [0.25, 0.3) is 0 Å². The number of hydrogen-bond acceptors (Lipinski definition) is 6. The van der Waals surface area contributed by atoms with Crippen molar-refractivity contribution >= 4 is 17.9 Å². The molecule has 0 amide bonds. The van der Waals surface area contributed by atoms with Crippen molar-refractivity contribution in [1.82, 2.24) is 0 Å². The maximum atomic E-state index is 12.9. The van der Waals surface area contributed by atoms with Gasteiger partial charge in [-0.3, -0.25) is 14.4 Å². The Kier molecular flexibility index (Phi) is 59.2. The zero-order valence-electron chi connectivity index (χ0n) is 48.5. The van der Waals surface area contributed by atoms with Gasteiger partial charge in [0.05, 0.1) is 0 Å². The fourth-order valence-electron chi connectivity index (χ4n) is 9.57. The van der Waals surface area contributed by atoms with Crippen LogP contribution in [0.3, 0.4) is 0 Å². The summed E-state index contributed by atoms with van der Waals surface area (Å²) in [6.07, 6.45) is 74.3. The smallest absolute Gasteiger partial charge is 0.306 e. The fraction of sp³-hybridized carbons (Fsp3) is 0.864. The van der Waals surface area contributed by atoms with Gasteiger partial charge in [-0.2, -0.15) is 0 Å². The van der Waals surface area contributed by atoms with Gasteiger partial charge < -0.3 is 14.2 Å². The van der Waals surface area contributed by atoms with Crippen LogP contribution in [0.2, 0.25) is 0 Å². The van der Waals surface area contributed by atoms with Crippen molar-refractivity contribution in [3.8, 4) is 0 Å². The van der Waals surface area contributed by atoms with Crippen LogP contribution in [0.4, 0.5) is 0 Å². The van der Waals surface area contributed by atoms with Gasteiger partial charge >= 0.3 is 17.9 Å². The first-order chi connectivity index (χ1) is 35.5. The van der Waals surface area contributed by atoms with Crippen molar-refractivity contribution in [3.63, 3.8) is 0 Å². The molecular formula is C66H122O6. The van der Waals surface area contributed by atoms with E-state index in [1.807, 2.05) is 0 Å². The molecule has 422 valence electrons. The summed E-state index contributed by atoms with van der Waals surface area (Å²) in [5.41, 5.74) is 0. The van der Waals surface area contributed by atoms with Crippen LogP contribution in [0.15, 0.2) is 36.5 Å². The molecule has 1 atom stereocenters. The molecule has 0 saturated carbocycles. The Balaban J connectivity index is 4.34. The molecule has 0 unspecified atom stereocenters. The molecule has 0 aliphatic heterocycles. The number of carbonyl (C=O) groups excluding carboxylic acids is 3. The van der Waals surface area contributed by atoms with Crippen LogP contribution in [-0.2, 0) is 28.6 Å². The van der Waals surface area contributed by atoms with E-state index in [1.54, 1.807) is 0 Å². The van der Waals surface area contributed by atoms with Crippen molar-refractivity contribution in [2.45, 2.75) is 354 Å². The molecule has 6 nitrogen and oxygen atoms in total. The van der Waals surface area contributed by atoms with Gasteiger partial charge in [0.1, 0.15) is 13.2 Å². The molecule has 0 aromatic rings. The van der Waals surface area contributed by atoms with Gasteiger partial charge in [-0.05, 0) is 57.8 Å². The standard InChI is InChI=1S/C66H122O6/c1-4-7-10-13-16-19-22-25-28-31-33-35-38-41-44-47-50-53-56-59-65(68)71-62-63(61-70-64(67)58-55-52-49-46-43-40-37-30-27-24-21-18-15-12-9-6-3)72-66(69)60-57-54-51-48-45-42-39-36-34-32-29-26-23-20-17-14-11-8-5-2/h16,19,25,28,33,35,63H,4-15,17-18,20-24,26-27,29-32,34,36-62H2,1-3H3/b19-16-,28-25-,35-33-/t63-/m1/s1. The number of esters is 3. The summed E-state index contributed by atoms with van der Waals surface area (Å²) in [5, 5.41) is 0. The Labute approximate surface area is 448 Å². The second-order valence-electron chi connectivity index (χ2n) is 21.7. The molecule has 72 heavy (non-hydrogen) atoms. The highest BCUT2D eigenvalue weighted by atomic mass is 16.6. The molecule has 0 heterocycles. The molecule has 0 aliphatic rings. The number of hydrogen-bond donors (Lipinski definition) is 0. The average molecular weight is 1010 g/mol. The number of rotatable bonds is 59. The Morgan fingerprint density at radius 2 is 0.500 bits per heavy atom. The van der Waals surface area contributed by atoms with E-state index in [0.29, 0.717) is 19.3 Å². The van der Waals surface area contributed by atoms with E-state index >= 15 is 0 Å². The van der Waals surface area contributed by atoms with E-state index in [-0.39, 0.29) is 31.1 Å². The number of ether oxygens (including phenoxy) is 3. The second kappa shape index (κ2) is 61.2. The highest BCUT2D eigenvalue weighted by Crippen LogP contribution is 2.18. The van der Waals surface area contributed by atoms with Crippen molar-refractivity contribution in [1.29, 1.82) is 0 Å². The SMILES string of the molecule is CCCCC/C=C\C/C=C\C/C=C\CCCCCCCCC(=O)OC[C@@H](COC(=O)CCCCCCCCCCCCCCCCCC)OC(=O)CCCCCCCCCCCCCCCCCCCCC. The molecule has 0 spiro atoms. The van der Waals surface area contributed by atoms with Crippen LogP contribution in [0.1, 0.15) is 348 Å². The predicted octanol–water partition coefficient (Wildman–Crippen LogP) is 21.6. The van der Waals surface area contributed by atoms with E-state index in [9.17, 15) is 14.4 Å². The summed E-state index contributed by atoms with van der Waals surface area (Å²) < 4.78 is 16.9. The maximum Gasteiger partial charge on any atom is 0.306 e. The summed E-state index contributed by atoms with van der Waals surface area (Å²) in [6, 6.07) is 0. The monoisotopic (exact) mass is 1010 g/mol. The van der Waals surface area contributed by atoms with Gasteiger partial charge in [0, 0.05) is 19.3 Å². The molecule has 6 heteroatoms. The normalized spacial score (nSPS) is 12.2. The maximum absolute atomic E-state index is 12.9. The van der Waals surface area contributed by atoms with Gasteiger partial charge in [-0.15, -0.1) is 0 Å². The van der Waals surface area contributed by atoms with E-state index < -0.39 is 6.10 Å². The van der Waals surface area contributed by atoms with Crippen LogP contribution in [-0.4, -0.2) is 37.2 Å². The third-order valence-electron chi connectivity index (χ3n) is 14.4. The highest BCUT2D eigenvalue weighted by molar-refractivity contribution is 5.71. The highest BCUT2D eigenvalue weighted by Gasteiger charge is 2.19. The minimum Gasteiger partial charge on any atom is -0.462 e. The lowest BCUT2D eigenvalue weighted by molar-refractivity contribution is -0.167. The number of carbonyl (C=O) groups is 3. The van der Waals surface area contributed by atoms with E-state index in [1.165, 1.54) is 231 Å². The minimum atomic E-state index is -0.774. The van der Waals surface area contributed by atoms with Crippen LogP contribution in [0, 0.1) is 0 Å². The zero-order chi connectivity index (χ0) is 52.2. The summed E-state index contributed by atoms with van der Waals surface area (Å²) in [6.45, 7) is 6.67. The first-order valence-electron chi connectivity index (χ1n) is 32.0.